The Morgan fingerprint density at radius 1 is 1.07 bits per heavy atom. The molecule has 0 heterocycles. The van der Waals surface area contributed by atoms with Gasteiger partial charge in [-0.1, -0.05) is 13.8 Å². The van der Waals surface area contributed by atoms with Gasteiger partial charge in [0.1, 0.15) is 11.6 Å². The van der Waals surface area contributed by atoms with Crippen LogP contribution >= 0.6 is 0 Å². The molecule has 1 atom stereocenters. The van der Waals surface area contributed by atoms with Gasteiger partial charge in [0.2, 0.25) is 0 Å². The number of halogens is 2. The van der Waals surface area contributed by atoms with Crippen molar-refractivity contribution in [3.8, 4) is 0 Å². The number of hydrogen-bond acceptors (Lipinski definition) is 1. The van der Waals surface area contributed by atoms with Gasteiger partial charge in [0.05, 0.1) is 0 Å². The van der Waals surface area contributed by atoms with E-state index >= 15 is 0 Å². The summed E-state index contributed by atoms with van der Waals surface area (Å²) >= 11 is 0. The molecular formula is C12H17F2N. The fraction of sp³-hybridized carbons (Fsp3) is 0.500. The van der Waals surface area contributed by atoms with Gasteiger partial charge in [0, 0.05) is 12.1 Å². The van der Waals surface area contributed by atoms with Crippen molar-refractivity contribution in [2.24, 2.45) is 11.7 Å². The lowest BCUT2D eigenvalue weighted by Gasteiger charge is -2.13. The summed E-state index contributed by atoms with van der Waals surface area (Å²) in [6, 6.07) is 3.18. The van der Waals surface area contributed by atoms with Gasteiger partial charge in [-0.15, -0.1) is 0 Å². The van der Waals surface area contributed by atoms with Crippen LogP contribution in [-0.2, 0) is 0 Å². The maximum Gasteiger partial charge on any atom is 0.126 e. The molecule has 0 amide bonds. The summed E-state index contributed by atoms with van der Waals surface area (Å²) in [4.78, 5) is 0. The molecule has 1 nitrogen and oxygen atoms in total. The molecule has 1 aromatic carbocycles. The molecule has 0 aromatic heterocycles. The van der Waals surface area contributed by atoms with Crippen LogP contribution in [0.4, 0.5) is 8.78 Å². The quantitative estimate of drug-likeness (QED) is 0.815. The highest BCUT2D eigenvalue weighted by Crippen LogP contribution is 2.20. The summed E-state index contributed by atoms with van der Waals surface area (Å²) in [5, 5.41) is 0. The van der Waals surface area contributed by atoms with Crippen LogP contribution in [0.25, 0.3) is 0 Å². The third-order valence-electron chi connectivity index (χ3n) is 2.37. The molecule has 0 saturated heterocycles. The Balaban J connectivity index is 2.68. The molecule has 0 spiro atoms. The fourth-order valence-corrected chi connectivity index (χ4v) is 1.47. The van der Waals surface area contributed by atoms with Gasteiger partial charge in [0.25, 0.3) is 0 Å². The lowest BCUT2D eigenvalue weighted by molar-refractivity contribution is 0.501. The second-order valence-corrected chi connectivity index (χ2v) is 4.28. The largest absolute Gasteiger partial charge is 0.324 e. The van der Waals surface area contributed by atoms with Crippen LogP contribution in [0.15, 0.2) is 18.2 Å². The Labute approximate surface area is 89.3 Å². The molecule has 0 bridgehead atoms. The topological polar surface area (TPSA) is 26.0 Å². The van der Waals surface area contributed by atoms with E-state index < -0.39 is 11.6 Å². The predicted molar refractivity (Wildman–Crippen MR) is 57.4 cm³/mol. The van der Waals surface area contributed by atoms with E-state index in [1.807, 2.05) is 0 Å². The number of rotatable bonds is 4. The van der Waals surface area contributed by atoms with E-state index in [0.29, 0.717) is 11.5 Å². The molecule has 84 valence electrons. The Kier molecular flexibility index (Phi) is 4.21. The number of benzene rings is 1. The molecule has 1 unspecified atom stereocenters. The lowest BCUT2D eigenvalue weighted by atomic mass is 9.98. The van der Waals surface area contributed by atoms with E-state index in [1.165, 1.54) is 12.1 Å². The number of hydrogen-bond donors (Lipinski definition) is 1. The second kappa shape index (κ2) is 5.21. The molecule has 1 aromatic rings. The minimum absolute atomic E-state index is 0.280. The van der Waals surface area contributed by atoms with Crippen LogP contribution in [-0.4, -0.2) is 0 Å². The smallest absolute Gasteiger partial charge is 0.126 e. The average molecular weight is 213 g/mol. The van der Waals surface area contributed by atoms with Crippen LogP contribution in [0, 0.1) is 17.6 Å². The monoisotopic (exact) mass is 213 g/mol. The van der Waals surface area contributed by atoms with Gasteiger partial charge in [-0.25, -0.2) is 8.78 Å². The summed E-state index contributed by atoms with van der Waals surface area (Å²) in [5.41, 5.74) is 6.38. The Morgan fingerprint density at radius 2 is 1.60 bits per heavy atom. The summed E-state index contributed by atoms with van der Waals surface area (Å²) in [7, 11) is 0. The van der Waals surface area contributed by atoms with Crippen molar-refractivity contribution < 1.29 is 8.78 Å². The van der Waals surface area contributed by atoms with E-state index in [-0.39, 0.29) is 6.04 Å². The molecule has 0 aliphatic carbocycles. The first-order valence-corrected chi connectivity index (χ1v) is 5.20. The van der Waals surface area contributed by atoms with Crippen molar-refractivity contribution in [2.45, 2.75) is 32.7 Å². The van der Waals surface area contributed by atoms with Gasteiger partial charge in [-0.2, -0.15) is 0 Å². The van der Waals surface area contributed by atoms with Crippen LogP contribution in [0.2, 0.25) is 0 Å². The van der Waals surface area contributed by atoms with E-state index in [2.05, 4.69) is 13.8 Å². The minimum atomic E-state index is -0.565. The van der Waals surface area contributed by atoms with Crippen molar-refractivity contribution in [3.05, 3.63) is 35.4 Å². The third-order valence-corrected chi connectivity index (χ3v) is 2.37. The summed E-state index contributed by atoms with van der Waals surface area (Å²) in [6.45, 7) is 4.19. The standard InChI is InChI=1S/C12H17F2N/c1-8(2)3-4-12(15)9-5-10(13)7-11(14)6-9/h5-8,12H,3-4,15H2,1-2H3. The van der Waals surface area contributed by atoms with Crippen LogP contribution < -0.4 is 5.73 Å². The summed E-state index contributed by atoms with van der Waals surface area (Å²) < 4.78 is 25.8. The van der Waals surface area contributed by atoms with Gasteiger partial charge >= 0.3 is 0 Å². The van der Waals surface area contributed by atoms with Crippen molar-refractivity contribution in [2.75, 3.05) is 0 Å². The van der Waals surface area contributed by atoms with Gasteiger partial charge < -0.3 is 5.73 Å². The molecule has 0 fully saturated rings. The highest BCUT2D eigenvalue weighted by molar-refractivity contribution is 5.20. The Hall–Kier alpha value is -0.960. The SMILES string of the molecule is CC(C)CCC(N)c1cc(F)cc(F)c1. The van der Waals surface area contributed by atoms with Crippen LogP contribution in [0.5, 0.6) is 0 Å². The highest BCUT2D eigenvalue weighted by atomic mass is 19.1. The van der Waals surface area contributed by atoms with Gasteiger partial charge in [-0.05, 0) is 36.5 Å². The van der Waals surface area contributed by atoms with Crippen LogP contribution in [0.1, 0.15) is 38.3 Å². The molecule has 15 heavy (non-hydrogen) atoms. The third kappa shape index (κ3) is 3.96. The minimum Gasteiger partial charge on any atom is -0.324 e. The highest BCUT2D eigenvalue weighted by Gasteiger charge is 2.09. The van der Waals surface area contributed by atoms with E-state index in [0.717, 1.165) is 18.9 Å². The summed E-state index contributed by atoms with van der Waals surface area (Å²) in [6.07, 6.45) is 1.71. The molecule has 3 heteroatoms. The Bertz CT molecular complexity index is 303. The first-order valence-electron chi connectivity index (χ1n) is 5.20. The first-order chi connectivity index (χ1) is 6.99. The van der Waals surface area contributed by atoms with E-state index in [1.54, 1.807) is 0 Å². The molecule has 0 saturated carbocycles. The molecular weight excluding hydrogens is 196 g/mol. The molecule has 1 rings (SSSR count). The van der Waals surface area contributed by atoms with Crippen molar-refractivity contribution in [1.82, 2.24) is 0 Å². The predicted octanol–water partition coefficient (Wildman–Crippen LogP) is 3.40. The lowest BCUT2D eigenvalue weighted by Crippen LogP contribution is -2.11. The maximum atomic E-state index is 12.9. The Morgan fingerprint density at radius 3 is 2.07 bits per heavy atom. The van der Waals surface area contributed by atoms with Crippen LogP contribution in [0.3, 0.4) is 0 Å². The van der Waals surface area contributed by atoms with Crippen molar-refractivity contribution in [3.63, 3.8) is 0 Å². The van der Waals surface area contributed by atoms with Crippen molar-refractivity contribution in [1.29, 1.82) is 0 Å². The van der Waals surface area contributed by atoms with Crippen molar-refractivity contribution >= 4 is 0 Å². The average Bonchev–Trinajstić information content (AvgIpc) is 2.12. The number of nitrogens with two attached hydrogens (primary N) is 1. The van der Waals surface area contributed by atoms with Gasteiger partial charge in [0.15, 0.2) is 0 Å². The van der Waals surface area contributed by atoms with E-state index in [9.17, 15) is 8.78 Å². The normalized spacial score (nSPS) is 13.2. The molecule has 2 N–H and O–H groups in total. The van der Waals surface area contributed by atoms with Gasteiger partial charge in [-0.3, -0.25) is 0 Å². The fourth-order valence-electron chi connectivity index (χ4n) is 1.47. The van der Waals surface area contributed by atoms with E-state index in [4.69, 9.17) is 5.73 Å². The maximum absolute atomic E-state index is 12.9. The zero-order valence-electron chi connectivity index (χ0n) is 9.13. The zero-order valence-corrected chi connectivity index (χ0v) is 9.13. The zero-order chi connectivity index (χ0) is 11.4. The summed E-state index contributed by atoms with van der Waals surface area (Å²) in [5.74, 6) is -0.579. The first kappa shape index (κ1) is 12.1. The molecule has 0 aliphatic rings. The second-order valence-electron chi connectivity index (χ2n) is 4.28. The molecule has 0 radical (unpaired) electrons. The molecule has 0 aliphatic heterocycles.